The predicted molar refractivity (Wildman–Crippen MR) is 133 cm³/mol. The zero-order valence-electron chi connectivity index (χ0n) is 20.3. The Balaban J connectivity index is 2.35. The summed E-state index contributed by atoms with van der Waals surface area (Å²) in [7, 11) is 0. The molecule has 0 aliphatic carbocycles. The molecule has 0 aliphatic heterocycles. The number of nitrogens with zero attached hydrogens (tertiary/aromatic N) is 2. The van der Waals surface area contributed by atoms with Crippen LogP contribution in [-0.4, -0.2) is 45.7 Å². The summed E-state index contributed by atoms with van der Waals surface area (Å²) in [6.45, 7) is 4.75. The minimum absolute atomic E-state index is 0.208. The molecule has 0 aromatic carbocycles. The number of carboxylic acids is 1. The zero-order valence-corrected chi connectivity index (χ0v) is 21.1. The van der Waals surface area contributed by atoms with Gasteiger partial charge in [0.1, 0.15) is 6.04 Å². The Morgan fingerprint density at radius 3 is 2.00 bits per heavy atom. The SMILES string of the molecule is CCCCCCCCCC(CCCCCCC)OCNC(CSc1ncccn1)C(=O)O. The summed E-state index contributed by atoms with van der Waals surface area (Å²) in [5, 5.41) is 13.2. The standard InChI is InChI=1S/C25H45N3O3S/c1-3-5-7-9-10-12-14-17-22(16-13-11-8-6-4-2)31-21-28-23(24(29)30)20-32-25-26-18-15-19-27-25/h15,18-19,22-23,28H,3-14,16-17,20-21H2,1-2H3,(H,29,30). The number of hydrogen-bond donors (Lipinski definition) is 2. The molecule has 1 aromatic rings. The number of thioether (sulfide) groups is 1. The van der Waals surface area contributed by atoms with Gasteiger partial charge in [-0.05, 0) is 18.9 Å². The normalized spacial score (nSPS) is 13.2. The zero-order chi connectivity index (χ0) is 23.3. The maximum Gasteiger partial charge on any atom is 0.321 e. The third-order valence-electron chi connectivity index (χ3n) is 5.63. The highest BCUT2D eigenvalue weighted by Gasteiger charge is 2.18. The lowest BCUT2D eigenvalue weighted by atomic mass is 10.0. The molecule has 0 radical (unpaired) electrons. The van der Waals surface area contributed by atoms with Crippen molar-refractivity contribution >= 4 is 17.7 Å². The van der Waals surface area contributed by atoms with E-state index in [2.05, 4.69) is 29.1 Å². The number of ether oxygens (including phenoxy) is 1. The molecule has 0 saturated heterocycles. The fourth-order valence-electron chi connectivity index (χ4n) is 3.62. The van der Waals surface area contributed by atoms with Gasteiger partial charge < -0.3 is 9.84 Å². The number of aliphatic carboxylic acids is 1. The van der Waals surface area contributed by atoms with E-state index >= 15 is 0 Å². The lowest BCUT2D eigenvalue weighted by Gasteiger charge is -2.20. The topological polar surface area (TPSA) is 84.3 Å². The summed E-state index contributed by atoms with van der Waals surface area (Å²) >= 11 is 1.34. The average molecular weight is 468 g/mol. The first-order valence-corrected chi connectivity index (χ1v) is 13.6. The number of carboxylic acid groups (broad SMARTS) is 1. The van der Waals surface area contributed by atoms with Crippen molar-refractivity contribution in [3.63, 3.8) is 0 Å². The Kier molecular flexibility index (Phi) is 18.4. The van der Waals surface area contributed by atoms with Crippen LogP contribution in [0.15, 0.2) is 23.6 Å². The van der Waals surface area contributed by atoms with Crippen molar-refractivity contribution in [1.82, 2.24) is 15.3 Å². The molecule has 0 amide bonds. The molecule has 2 atom stereocenters. The predicted octanol–water partition coefficient (Wildman–Crippen LogP) is 6.46. The second-order valence-electron chi connectivity index (χ2n) is 8.48. The number of carbonyl (C=O) groups is 1. The smallest absolute Gasteiger partial charge is 0.321 e. The van der Waals surface area contributed by atoms with Gasteiger partial charge in [0.05, 0.1) is 12.8 Å². The third kappa shape index (κ3) is 15.6. The van der Waals surface area contributed by atoms with E-state index in [0.717, 1.165) is 12.8 Å². The van der Waals surface area contributed by atoms with Crippen LogP contribution in [0.4, 0.5) is 0 Å². The van der Waals surface area contributed by atoms with Crippen molar-refractivity contribution in [3.05, 3.63) is 18.5 Å². The second kappa shape index (κ2) is 20.4. The Hall–Kier alpha value is -1.18. The van der Waals surface area contributed by atoms with Crippen molar-refractivity contribution in [2.45, 2.75) is 121 Å². The fraction of sp³-hybridized carbons (Fsp3) is 0.800. The summed E-state index contributed by atoms with van der Waals surface area (Å²) in [6, 6.07) is 1.06. The summed E-state index contributed by atoms with van der Waals surface area (Å²) < 4.78 is 6.11. The lowest BCUT2D eigenvalue weighted by molar-refractivity contribution is -0.139. The van der Waals surface area contributed by atoms with E-state index in [0.29, 0.717) is 10.9 Å². The third-order valence-corrected chi connectivity index (χ3v) is 6.60. The summed E-state index contributed by atoms with van der Waals surface area (Å²) in [4.78, 5) is 19.9. The van der Waals surface area contributed by atoms with Crippen LogP contribution in [0.2, 0.25) is 0 Å². The van der Waals surface area contributed by atoms with Crippen molar-refractivity contribution in [2.75, 3.05) is 12.5 Å². The minimum atomic E-state index is -0.875. The molecule has 7 heteroatoms. The fourth-order valence-corrected chi connectivity index (χ4v) is 4.46. The van der Waals surface area contributed by atoms with Crippen LogP contribution in [0, 0.1) is 0 Å². The number of aromatic nitrogens is 2. The van der Waals surface area contributed by atoms with Gasteiger partial charge in [-0.2, -0.15) is 0 Å². The van der Waals surface area contributed by atoms with Crippen LogP contribution in [0.3, 0.4) is 0 Å². The Labute approximate surface area is 199 Å². The monoisotopic (exact) mass is 467 g/mol. The van der Waals surface area contributed by atoms with Crippen LogP contribution in [0.5, 0.6) is 0 Å². The first-order chi connectivity index (χ1) is 15.7. The first kappa shape index (κ1) is 28.9. The molecule has 0 spiro atoms. The number of rotatable bonds is 22. The molecular weight excluding hydrogens is 422 g/mol. The van der Waals surface area contributed by atoms with Crippen LogP contribution in [0.1, 0.15) is 104 Å². The van der Waals surface area contributed by atoms with E-state index in [1.807, 2.05) is 0 Å². The molecule has 0 bridgehead atoms. The summed E-state index contributed by atoms with van der Waals surface area (Å²) in [5.41, 5.74) is 0. The molecule has 2 N–H and O–H groups in total. The molecule has 2 unspecified atom stereocenters. The molecule has 0 saturated carbocycles. The molecular formula is C25H45N3O3S. The van der Waals surface area contributed by atoms with E-state index in [4.69, 9.17) is 4.74 Å². The molecule has 184 valence electrons. The highest BCUT2D eigenvalue weighted by atomic mass is 32.2. The quantitative estimate of drug-likeness (QED) is 0.0876. The van der Waals surface area contributed by atoms with Crippen LogP contribution >= 0.6 is 11.8 Å². The van der Waals surface area contributed by atoms with Gasteiger partial charge in [0.2, 0.25) is 0 Å². The number of unbranched alkanes of at least 4 members (excludes halogenated alkanes) is 10. The van der Waals surface area contributed by atoms with Crippen LogP contribution in [0.25, 0.3) is 0 Å². The Morgan fingerprint density at radius 2 is 1.47 bits per heavy atom. The molecule has 0 fully saturated rings. The van der Waals surface area contributed by atoms with Crippen LogP contribution in [-0.2, 0) is 9.53 Å². The largest absolute Gasteiger partial charge is 0.480 e. The molecule has 0 aliphatic rings. The Morgan fingerprint density at radius 1 is 0.938 bits per heavy atom. The van der Waals surface area contributed by atoms with Gasteiger partial charge in [0.15, 0.2) is 5.16 Å². The molecule has 32 heavy (non-hydrogen) atoms. The highest BCUT2D eigenvalue weighted by Crippen LogP contribution is 2.17. The van der Waals surface area contributed by atoms with Gasteiger partial charge in [0, 0.05) is 18.1 Å². The van der Waals surface area contributed by atoms with Crippen molar-refractivity contribution < 1.29 is 14.6 Å². The van der Waals surface area contributed by atoms with E-state index < -0.39 is 12.0 Å². The van der Waals surface area contributed by atoms with Crippen molar-refractivity contribution in [3.8, 4) is 0 Å². The van der Waals surface area contributed by atoms with Gasteiger partial charge in [-0.15, -0.1) is 0 Å². The highest BCUT2D eigenvalue weighted by molar-refractivity contribution is 7.99. The van der Waals surface area contributed by atoms with E-state index in [1.54, 1.807) is 18.5 Å². The minimum Gasteiger partial charge on any atom is -0.480 e. The van der Waals surface area contributed by atoms with Gasteiger partial charge in [0.25, 0.3) is 0 Å². The van der Waals surface area contributed by atoms with E-state index in [-0.39, 0.29) is 12.8 Å². The average Bonchev–Trinajstić information content (AvgIpc) is 2.80. The van der Waals surface area contributed by atoms with Gasteiger partial charge in [-0.25, -0.2) is 9.97 Å². The second-order valence-corrected chi connectivity index (χ2v) is 9.47. The lowest BCUT2D eigenvalue weighted by Crippen LogP contribution is -2.41. The summed E-state index contributed by atoms with van der Waals surface area (Å²) in [6.07, 6.45) is 21.0. The number of hydrogen-bond acceptors (Lipinski definition) is 6. The molecule has 1 aromatic heterocycles. The van der Waals surface area contributed by atoms with Gasteiger partial charge >= 0.3 is 5.97 Å². The summed E-state index contributed by atoms with van der Waals surface area (Å²) in [5.74, 6) is -0.512. The molecule has 1 rings (SSSR count). The van der Waals surface area contributed by atoms with E-state index in [1.165, 1.54) is 88.8 Å². The Bertz CT molecular complexity index is 563. The van der Waals surface area contributed by atoms with Crippen molar-refractivity contribution in [1.29, 1.82) is 0 Å². The van der Waals surface area contributed by atoms with E-state index in [9.17, 15) is 9.90 Å². The number of nitrogens with one attached hydrogen (secondary N) is 1. The van der Waals surface area contributed by atoms with Gasteiger partial charge in [-0.1, -0.05) is 103 Å². The maximum absolute atomic E-state index is 11.6. The maximum atomic E-state index is 11.6. The van der Waals surface area contributed by atoms with Crippen molar-refractivity contribution in [2.24, 2.45) is 0 Å². The molecule has 1 heterocycles. The molecule has 6 nitrogen and oxygen atoms in total. The van der Waals surface area contributed by atoms with Crippen LogP contribution < -0.4 is 5.32 Å². The first-order valence-electron chi connectivity index (χ1n) is 12.6. The van der Waals surface area contributed by atoms with Gasteiger partial charge in [-0.3, -0.25) is 10.1 Å².